The molecular weight excluding hydrogens is 612 g/mol. The number of aliphatic hydroxyl groups is 1. The minimum absolute atomic E-state index is 0.00756. The molecule has 2 aliphatic heterocycles. The maximum Gasteiger partial charge on any atom is 0.310 e. The Kier molecular flexibility index (Phi) is 7.98. The lowest BCUT2D eigenvalue weighted by Gasteiger charge is -2.56. The van der Waals surface area contributed by atoms with Crippen LogP contribution in [0.5, 0.6) is 11.5 Å². The number of fused-ring (bicyclic) bond motifs is 2. The molecule has 7 atom stereocenters. The van der Waals surface area contributed by atoms with Crippen LogP contribution < -0.4 is 9.47 Å². The fraction of sp³-hybridized carbons (Fsp3) is 0.487. The fourth-order valence-electron chi connectivity index (χ4n) is 8.62. The summed E-state index contributed by atoms with van der Waals surface area (Å²) in [5, 5.41) is 12.4. The first kappa shape index (κ1) is 32.8. The van der Waals surface area contributed by atoms with E-state index in [-0.39, 0.29) is 31.3 Å². The van der Waals surface area contributed by atoms with Gasteiger partial charge in [0.25, 0.3) is 5.97 Å². The molecule has 254 valence electrons. The Morgan fingerprint density at radius 2 is 1.83 bits per heavy atom. The summed E-state index contributed by atoms with van der Waals surface area (Å²) in [4.78, 5) is 26.9. The molecule has 2 aromatic carbocycles. The molecule has 0 amide bonds. The largest absolute Gasteiger partial charge is 0.493 e. The summed E-state index contributed by atoms with van der Waals surface area (Å²) < 4.78 is 37.8. The van der Waals surface area contributed by atoms with Crippen molar-refractivity contribution < 1.29 is 43.1 Å². The van der Waals surface area contributed by atoms with Crippen LogP contribution in [-0.4, -0.2) is 65.6 Å². The van der Waals surface area contributed by atoms with Crippen LogP contribution in [0.2, 0.25) is 0 Å². The monoisotopic (exact) mass is 656 g/mol. The van der Waals surface area contributed by atoms with E-state index in [1.165, 1.54) is 0 Å². The van der Waals surface area contributed by atoms with Gasteiger partial charge in [-0.05, 0) is 80.5 Å². The first-order valence-electron chi connectivity index (χ1n) is 16.8. The summed E-state index contributed by atoms with van der Waals surface area (Å²) in [6, 6.07) is 15.2. The number of hydrogen-bond donors (Lipinski definition) is 1. The fourth-order valence-corrected chi connectivity index (χ4v) is 8.62. The van der Waals surface area contributed by atoms with Gasteiger partial charge in [0.05, 0.1) is 31.7 Å². The Labute approximate surface area is 281 Å². The van der Waals surface area contributed by atoms with Crippen molar-refractivity contribution in [1.82, 2.24) is 0 Å². The third-order valence-electron chi connectivity index (χ3n) is 10.7. The molecule has 2 heterocycles. The van der Waals surface area contributed by atoms with Crippen molar-refractivity contribution in [3.8, 4) is 11.5 Å². The van der Waals surface area contributed by atoms with Crippen molar-refractivity contribution in [1.29, 1.82) is 0 Å². The second kappa shape index (κ2) is 11.7. The highest BCUT2D eigenvalue weighted by Gasteiger charge is 2.77. The smallest absolute Gasteiger partial charge is 0.310 e. The predicted octanol–water partition coefficient (Wildman–Crippen LogP) is 5.58. The number of hydrogen-bond acceptors (Lipinski definition) is 9. The maximum absolute atomic E-state index is 13.8. The van der Waals surface area contributed by atoms with E-state index in [0.29, 0.717) is 47.5 Å². The molecule has 3 aliphatic carbocycles. The first-order chi connectivity index (χ1) is 22.8. The molecule has 0 unspecified atom stereocenters. The van der Waals surface area contributed by atoms with Gasteiger partial charge in [-0.15, -0.1) is 0 Å². The van der Waals surface area contributed by atoms with Gasteiger partial charge in [-0.1, -0.05) is 55.1 Å². The molecule has 48 heavy (non-hydrogen) atoms. The van der Waals surface area contributed by atoms with Crippen molar-refractivity contribution in [2.75, 3.05) is 13.7 Å². The summed E-state index contributed by atoms with van der Waals surface area (Å²) in [5.41, 5.74) is 0.0317. The highest BCUT2D eigenvalue weighted by Crippen LogP contribution is 2.66. The predicted molar refractivity (Wildman–Crippen MR) is 176 cm³/mol. The van der Waals surface area contributed by atoms with Crippen LogP contribution in [-0.2, 0) is 41.4 Å². The second-order valence-corrected chi connectivity index (χ2v) is 14.3. The van der Waals surface area contributed by atoms with Gasteiger partial charge in [0, 0.05) is 18.3 Å². The Morgan fingerprint density at radius 1 is 1.06 bits per heavy atom. The lowest BCUT2D eigenvalue weighted by Crippen LogP contribution is -2.67. The van der Waals surface area contributed by atoms with Gasteiger partial charge in [-0.25, -0.2) is 0 Å². The van der Waals surface area contributed by atoms with E-state index >= 15 is 0 Å². The number of Topliss-reactive ketones (excluding diaryl/α,β-unsaturated/α-hetero) is 1. The second-order valence-electron chi connectivity index (χ2n) is 14.3. The molecule has 2 aromatic rings. The molecule has 3 bridgehead atoms. The number of ether oxygens (including phenoxy) is 6. The topological polar surface area (TPSA) is 110 Å². The van der Waals surface area contributed by atoms with E-state index in [1.54, 1.807) is 32.2 Å². The molecular formula is C39H44O9. The van der Waals surface area contributed by atoms with Gasteiger partial charge in [0.15, 0.2) is 17.3 Å². The van der Waals surface area contributed by atoms with Gasteiger partial charge in [0.1, 0.15) is 23.9 Å². The SMILES string of the molecule is C=C(C)[C@]12CC[C@@]34O[C@](Cc5ccccc5)(O[C@@H]1[C@@H]3C=C(COC(=O)Cc1ccc(OC(C)C)c(OC)c1)C[C@]1(O)C(=O)C(C)=C[C@@H]41)O2. The molecule has 1 N–H and O–H groups in total. The number of carbonyl (C=O) groups excluding carboxylic acids is 2. The van der Waals surface area contributed by atoms with Gasteiger partial charge in [-0.3, -0.25) is 9.59 Å². The molecule has 0 spiro atoms. The molecule has 3 fully saturated rings. The Hall–Kier alpha value is -3.76. The van der Waals surface area contributed by atoms with Crippen molar-refractivity contribution in [3.05, 3.63) is 95.1 Å². The molecule has 5 aliphatic rings. The van der Waals surface area contributed by atoms with Gasteiger partial charge in [0.2, 0.25) is 0 Å². The van der Waals surface area contributed by atoms with Crippen LogP contribution >= 0.6 is 0 Å². The molecule has 1 saturated carbocycles. The van der Waals surface area contributed by atoms with E-state index in [1.807, 2.05) is 63.3 Å². The standard InChI is InChI=1S/C39H44O9/c1-23(2)37-14-15-38-29(35(37)46-39(47-37,48-38)21-26-10-8-7-9-11-26)17-28(20-36(42)32(38)16-25(5)34(36)41)22-44-33(40)19-27-12-13-30(45-24(3)4)31(18-27)43-6/h7-13,16-18,24,29,32,35,42H,1,14-15,19-22H2,2-6H3/t29-,32+,35+,36+,37+,38+,39+/m0/s1. The van der Waals surface area contributed by atoms with E-state index in [0.717, 1.165) is 11.1 Å². The zero-order valence-electron chi connectivity index (χ0n) is 28.2. The van der Waals surface area contributed by atoms with Crippen LogP contribution in [0, 0.1) is 11.8 Å². The van der Waals surface area contributed by atoms with E-state index < -0.39 is 46.7 Å². The lowest BCUT2D eigenvalue weighted by atomic mass is 9.59. The average Bonchev–Trinajstić information content (AvgIpc) is 3.34. The van der Waals surface area contributed by atoms with E-state index in [9.17, 15) is 14.7 Å². The number of ketones is 1. The number of rotatable bonds is 10. The van der Waals surface area contributed by atoms with Crippen molar-refractivity contribution >= 4 is 11.8 Å². The van der Waals surface area contributed by atoms with Crippen LogP contribution in [0.4, 0.5) is 0 Å². The summed E-state index contributed by atoms with van der Waals surface area (Å²) in [6.07, 6.45) is 4.79. The van der Waals surface area contributed by atoms with E-state index in [4.69, 9.17) is 28.4 Å². The van der Waals surface area contributed by atoms with E-state index in [2.05, 4.69) is 6.58 Å². The number of esters is 1. The van der Waals surface area contributed by atoms with Gasteiger partial charge in [-0.2, -0.15) is 0 Å². The Bertz CT molecular complexity index is 1710. The highest BCUT2D eigenvalue weighted by molar-refractivity contribution is 6.04. The van der Waals surface area contributed by atoms with Gasteiger partial charge >= 0.3 is 5.97 Å². The van der Waals surface area contributed by atoms with Crippen molar-refractivity contribution in [2.24, 2.45) is 11.8 Å². The third-order valence-corrected chi connectivity index (χ3v) is 10.7. The van der Waals surface area contributed by atoms with Crippen molar-refractivity contribution in [2.45, 2.75) is 94.8 Å². The maximum atomic E-state index is 13.8. The van der Waals surface area contributed by atoms with Crippen LogP contribution in [0.3, 0.4) is 0 Å². The Balaban J connectivity index is 1.20. The molecule has 9 nitrogen and oxygen atoms in total. The highest BCUT2D eigenvalue weighted by atomic mass is 16.9. The van der Waals surface area contributed by atoms with Gasteiger partial charge < -0.3 is 33.5 Å². The molecule has 0 aromatic heterocycles. The zero-order valence-corrected chi connectivity index (χ0v) is 28.2. The summed E-state index contributed by atoms with van der Waals surface area (Å²) in [7, 11) is 1.55. The van der Waals surface area contributed by atoms with Crippen LogP contribution in [0.15, 0.2) is 84.0 Å². The third kappa shape index (κ3) is 5.14. The lowest BCUT2D eigenvalue weighted by molar-refractivity contribution is -0.415. The van der Waals surface area contributed by atoms with Crippen molar-refractivity contribution in [3.63, 3.8) is 0 Å². The molecule has 0 radical (unpaired) electrons. The summed E-state index contributed by atoms with van der Waals surface area (Å²) in [5.74, 6) is -2.15. The Morgan fingerprint density at radius 3 is 2.54 bits per heavy atom. The summed E-state index contributed by atoms with van der Waals surface area (Å²) in [6.45, 7) is 11.8. The van der Waals surface area contributed by atoms with Crippen LogP contribution in [0.1, 0.15) is 58.1 Å². The number of methoxy groups -OCH3 is 1. The summed E-state index contributed by atoms with van der Waals surface area (Å²) >= 11 is 0. The van der Waals surface area contributed by atoms with Crippen LogP contribution in [0.25, 0.3) is 0 Å². The average molecular weight is 657 g/mol. The number of benzene rings is 2. The normalized spacial score (nSPS) is 34.6. The molecule has 7 rings (SSSR count). The first-order valence-corrected chi connectivity index (χ1v) is 16.8. The minimum atomic E-state index is -1.77. The number of carbonyl (C=O) groups is 2. The quantitative estimate of drug-likeness (QED) is 0.259. The minimum Gasteiger partial charge on any atom is -0.493 e. The zero-order chi connectivity index (χ0) is 34.1. The molecule has 2 saturated heterocycles. The molecule has 9 heteroatoms.